The highest BCUT2D eigenvalue weighted by molar-refractivity contribution is 7.99. The van der Waals surface area contributed by atoms with E-state index >= 15 is 0 Å². The van der Waals surface area contributed by atoms with Crippen LogP contribution in [0, 0.1) is 18.6 Å². The van der Waals surface area contributed by atoms with Crippen LogP contribution in [0.2, 0.25) is 0 Å². The van der Waals surface area contributed by atoms with E-state index < -0.39 is 17.0 Å². The number of aryl methyl sites for hydroxylation is 1. The van der Waals surface area contributed by atoms with Crippen molar-refractivity contribution in [3.05, 3.63) is 88.7 Å². The van der Waals surface area contributed by atoms with E-state index in [0.29, 0.717) is 18.7 Å². The zero-order valence-corrected chi connectivity index (χ0v) is 18.2. The van der Waals surface area contributed by atoms with Crippen molar-refractivity contribution in [1.29, 1.82) is 0 Å². The lowest BCUT2D eigenvalue weighted by Crippen LogP contribution is -2.15. The molecule has 0 saturated heterocycles. The molecule has 0 atom stereocenters. The molecule has 1 aromatic carbocycles. The third-order valence-corrected chi connectivity index (χ3v) is 7.15. The zero-order valence-electron chi connectivity index (χ0n) is 16.6. The molecule has 5 rings (SSSR count). The molecule has 31 heavy (non-hydrogen) atoms. The molecule has 1 fully saturated rings. The third-order valence-electron chi connectivity index (χ3n) is 5.28. The summed E-state index contributed by atoms with van der Waals surface area (Å²) in [6.45, 7) is 1.92. The maximum atomic E-state index is 14.8. The minimum atomic E-state index is -0.718. The molecular formula is C23H18F2N4S2. The number of aromatic nitrogens is 3. The van der Waals surface area contributed by atoms with Crippen LogP contribution in [0.1, 0.15) is 29.7 Å². The highest BCUT2D eigenvalue weighted by atomic mass is 32.2. The second-order valence-electron chi connectivity index (χ2n) is 7.43. The SMILES string of the molecule is Cc1csc(Nc2cc(C3(c4c(F)cccc4F)CC3)c(Sc3ccccn3)cn2)n1. The number of hydrogen-bond donors (Lipinski definition) is 1. The van der Waals surface area contributed by atoms with Gasteiger partial charge in [-0.05, 0) is 55.7 Å². The Morgan fingerprint density at radius 2 is 1.87 bits per heavy atom. The smallest absolute Gasteiger partial charge is 0.188 e. The van der Waals surface area contributed by atoms with Gasteiger partial charge in [-0.2, -0.15) is 0 Å². The van der Waals surface area contributed by atoms with Crippen LogP contribution in [-0.4, -0.2) is 15.0 Å². The molecule has 3 heterocycles. The van der Waals surface area contributed by atoms with E-state index in [1.54, 1.807) is 12.4 Å². The average molecular weight is 453 g/mol. The summed E-state index contributed by atoms with van der Waals surface area (Å²) in [5.74, 6) is -0.445. The van der Waals surface area contributed by atoms with Gasteiger partial charge >= 0.3 is 0 Å². The van der Waals surface area contributed by atoms with Crippen molar-refractivity contribution in [1.82, 2.24) is 15.0 Å². The summed E-state index contributed by atoms with van der Waals surface area (Å²) in [5.41, 5.74) is 1.17. The van der Waals surface area contributed by atoms with E-state index in [-0.39, 0.29) is 5.56 Å². The quantitative estimate of drug-likeness (QED) is 0.362. The molecule has 1 aliphatic carbocycles. The fourth-order valence-corrected chi connectivity index (χ4v) is 5.39. The normalized spacial score (nSPS) is 14.4. The summed E-state index contributed by atoms with van der Waals surface area (Å²) in [7, 11) is 0. The van der Waals surface area contributed by atoms with Gasteiger partial charge in [-0.3, -0.25) is 0 Å². The van der Waals surface area contributed by atoms with Gasteiger partial charge in [0.1, 0.15) is 22.5 Å². The van der Waals surface area contributed by atoms with Gasteiger partial charge in [-0.25, -0.2) is 23.7 Å². The van der Waals surface area contributed by atoms with Crippen molar-refractivity contribution in [2.75, 3.05) is 5.32 Å². The second-order valence-corrected chi connectivity index (χ2v) is 9.35. The minimum absolute atomic E-state index is 0.125. The van der Waals surface area contributed by atoms with Gasteiger partial charge in [-0.15, -0.1) is 11.3 Å². The van der Waals surface area contributed by atoms with Crippen LogP contribution in [0.15, 0.2) is 70.2 Å². The fraction of sp³-hybridized carbons (Fsp3) is 0.174. The molecular weight excluding hydrogens is 434 g/mol. The molecule has 0 aliphatic heterocycles. The van der Waals surface area contributed by atoms with Gasteiger partial charge in [0.05, 0.1) is 5.69 Å². The largest absolute Gasteiger partial charge is 0.316 e. The standard InChI is InChI=1S/C23H18F2N4S2/c1-14-13-30-22(28-14)29-19-11-15(18(12-27-19)31-20-7-2-3-10-26-20)23(8-9-23)21-16(24)5-4-6-17(21)25/h2-7,10-13H,8-9H2,1H3,(H,27,28,29). The van der Waals surface area contributed by atoms with Crippen molar-refractivity contribution in [3.8, 4) is 0 Å². The van der Waals surface area contributed by atoms with Crippen LogP contribution in [0.25, 0.3) is 0 Å². The van der Waals surface area contributed by atoms with Crippen LogP contribution in [0.4, 0.5) is 19.7 Å². The molecule has 3 aromatic heterocycles. The Morgan fingerprint density at radius 1 is 1.06 bits per heavy atom. The van der Waals surface area contributed by atoms with Crippen molar-refractivity contribution in [2.24, 2.45) is 0 Å². The molecule has 0 unspecified atom stereocenters. The van der Waals surface area contributed by atoms with Crippen LogP contribution >= 0.6 is 23.1 Å². The average Bonchev–Trinajstić information content (AvgIpc) is 3.45. The van der Waals surface area contributed by atoms with Crippen LogP contribution in [-0.2, 0) is 5.41 Å². The lowest BCUT2D eigenvalue weighted by Gasteiger charge is -2.21. The second kappa shape index (κ2) is 8.01. The topological polar surface area (TPSA) is 50.7 Å². The first-order valence-electron chi connectivity index (χ1n) is 9.78. The molecule has 1 aliphatic rings. The van der Waals surface area contributed by atoms with E-state index in [1.807, 2.05) is 36.6 Å². The van der Waals surface area contributed by atoms with Gasteiger partial charge in [-0.1, -0.05) is 23.9 Å². The number of pyridine rings is 2. The Balaban J connectivity index is 1.61. The number of nitrogens with one attached hydrogen (secondary N) is 1. The van der Waals surface area contributed by atoms with E-state index in [1.165, 1.54) is 41.3 Å². The molecule has 0 amide bonds. The summed E-state index contributed by atoms with van der Waals surface area (Å²) >= 11 is 2.93. The Kier molecular flexibility index (Phi) is 5.19. The fourth-order valence-electron chi connectivity index (χ4n) is 3.74. The maximum Gasteiger partial charge on any atom is 0.188 e. The molecule has 4 aromatic rings. The molecule has 1 N–H and O–H groups in total. The summed E-state index contributed by atoms with van der Waals surface area (Å²) in [4.78, 5) is 14.2. The summed E-state index contributed by atoms with van der Waals surface area (Å²) in [6, 6.07) is 11.6. The monoisotopic (exact) mass is 452 g/mol. The van der Waals surface area contributed by atoms with Crippen molar-refractivity contribution in [3.63, 3.8) is 0 Å². The Labute approximate surface area is 186 Å². The lowest BCUT2D eigenvalue weighted by molar-refractivity contribution is 0.535. The van der Waals surface area contributed by atoms with Gasteiger partial charge in [0.25, 0.3) is 0 Å². The van der Waals surface area contributed by atoms with Crippen molar-refractivity contribution in [2.45, 2.75) is 35.1 Å². The van der Waals surface area contributed by atoms with Crippen molar-refractivity contribution < 1.29 is 8.78 Å². The molecule has 0 bridgehead atoms. The highest BCUT2D eigenvalue weighted by Gasteiger charge is 2.50. The van der Waals surface area contributed by atoms with E-state index in [9.17, 15) is 8.78 Å². The predicted octanol–water partition coefficient (Wildman–Crippen LogP) is 6.49. The predicted molar refractivity (Wildman–Crippen MR) is 119 cm³/mol. The number of hydrogen-bond acceptors (Lipinski definition) is 6. The number of anilines is 2. The highest BCUT2D eigenvalue weighted by Crippen LogP contribution is 2.57. The molecule has 4 nitrogen and oxygen atoms in total. The molecule has 0 spiro atoms. The lowest BCUT2D eigenvalue weighted by atomic mass is 9.87. The van der Waals surface area contributed by atoms with Crippen LogP contribution in [0.3, 0.4) is 0 Å². The van der Waals surface area contributed by atoms with E-state index in [4.69, 9.17) is 0 Å². The summed E-state index contributed by atoms with van der Waals surface area (Å²) < 4.78 is 29.6. The van der Waals surface area contributed by atoms with E-state index in [2.05, 4.69) is 20.3 Å². The Morgan fingerprint density at radius 3 is 2.52 bits per heavy atom. The number of rotatable bonds is 6. The first-order valence-corrected chi connectivity index (χ1v) is 11.5. The van der Waals surface area contributed by atoms with Gasteiger partial charge in [0.15, 0.2) is 5.13 Å². The minimum Gasteiger partial charge on any atom is -0.316 e. The van der Waals surface area contributed by atoms with Gasteiger partial charge in [0, 0.05) is 33.6 Å². The maximum absolute atomic E-state index is 14.8. The molecule has 8 heteroatoms. The summed E-state index contributed by atoms with van der Waals surface area (Å²) in [6.07, 6.45) is 4.80. The third kappa shape index (κ3) is 3.93. The van der Waals surface area contributed by atoms with Gasteiger partial charge in [0.2, 0.25) is 0 Å². The summed E-state index contributed by atoms with van der Waals surface area (Å²) in [5, 5.41) is 6.69. The first-order chi connectivity index (χ1) is 15.0. The zero-order chi connectivity index (χ0) is 21.4. The van der Waals surface area contributed by atoms with Crippen molar-refractivity contribution >= 4 is 34.0 Å². The Bertz CT molecular complexity index is 1220. The number of thiazole rings is 1. The van der Waals surface area contributed by atoms with E-state index in [0.717, 1.165) is 26.3 Å². The molecule has 1 saturated carbocycles. The molecule has 0 radical (unpaired) electrons. The van der Waals surface area contributed by atoms with Crippen LogP contribution < -0.4 is 5.32 Å². The van der Waals surface area contributed by atoms with Gasteiger partial charge < -0.3 is 5.32 Å². The number of benzene rings is 1. The molecule has 156 valence electrons. The Hall–Kier alpha value is -2.84. The first kappa shape index (κ1) is 20.1. The van der Waals surface area contributed by atoms with Crippen LogP contribution in [0.5, 0.6) is 0 Å². The number of halogens is 2. The number of nitrogens with zero attached hydrogens (tertiary/aromatic N) is 3.